The second-order valence-corrected chi connectivity index (χ2v) is 9.84. The minimum atomic E-state index is -1.04. The van der Waals surface area contributed by atoms with Crippen LogP contribution in [0.2, 0.25) is 0 Å². The summed E-state index contributed by atoms with van der Waals surface area (Å²) in [5, 5.41) is 13.6. The van der Waals surface area contributed by atoms with Gasteiger partial charge in [0.2, 0.25) is 5.95 Å². The van der Waals surface area contributed by atoms with E-state index in [9.17, 15) is 9.59 Å². The van der Waals surface area contributed by atoms with Crippen LogP contribution in [-0.4, -0.2) is 67.1 Å². The Labute approximate surface area is 231 Å². The third kappa shape index (κ3) is 5.61. The number of nitrogens with zero attached hydrogens (tertiary/aromatic N) is 6. The number of hydrogen-bond donors (Lipinski definition) is 2. The average molecular weight is 548 g/mol. The summed E-state index contributed by atoms with van der Waals surface area (Å²) in [4.78, 5) is 42.2. The molecule has 1 aromatic carbocycles. The summed E-state index contributed by atoms with van der Waals surface area (Å²) in [5.74, 6) is 1.53. The van der Waals surface area contributed by atoms with Gasteiger partial charge in [0.05, 0.1) is 30.0 Å². The van der Waals surface area contributed by atoms with Crippen molar-refractivity contribution < 1.29 is 19.4 Å². The van der Waals surface area contributed by atoms with Crippen molar-refractivity contribution in [2.45, 2.75) is 39.5 Å². The highest BCUT2D eigenvalue weighted by Crippen LogP contribution is 2.33. The molecule has 2 N–H and O–H groups in total. The van der Waals surface area contributed by atoms with Crippen LogP contribution in [0.25, 0.3) is 22.4 Å². The van der Waals surface area contributed by atoms with Crippen molar-refractivity contribution in [3.63, 3.8) is 0 Å². The van der Waals surface area contributed by atoms with E-state index in [0.717, 1.165) is 44.5 Å². The molecule has 3 aromatic heterocycles. The average Bonchev–Trinajstić information content (AvgIpc) is 3.28. The molecule has 5 rings (SSSR count). The number of rotatable bonds is 10. The molecule has 4 heterocycles. The van der Waals surface area contributed by atoms with Gasteiger partial charge in [-0.25, -0.2) is 19.7 Å². The number of aryl methyl sites for hydroxylation is 2. The largest absolute Gasteiger partial charge is 0.493 e. The van der Waals surface area contributed by atoms with Gasteiger partial charge >= 0.3 is 5.97 Å². The van der Waals surface area contributed by atoms with Crippen LogP contribution in [0, 0.1) is 5.92 Å². The van der Waals surface area contributed by atoms with Gasteiger partial charge in [-0.2, -0.15) is 5.10 Å². The van der Waals surface area contributed by atoms with Gasteiger partial charge in [-0.1, -0.05) is 13.3 Å². The quantitative estimate of drug-likeness (QED) is 0.302. The van der Waals surface area contributed by atoms with Crippen LogP contribution >= 0.6 is 0 Å². The van der Waals surface area contributed by atoms with E-state index in [4.69, 9.17) is 19.6 Å². The minimum Gasteiger partial charge on any atom is -0.493 e. The Kier molecular flexibility index (Phi) is 7.94. The van der Waals surface area contributed by atoms with Gasteiger partial charge in [0.25, 0.3) is 5.56 Å². The number of H-pyrrole nitrogens is 1. The van der Waals surface area contributed by atoms with Crippen LogP contribution in [0.1, 0.15) is 49.2 Å². The molecule has 1 aliphatic heterocycles. The van der Waals surface area contributed by atoms with E-state index in [0.29, 0.717) is 59.0 Å². The molecule has 40 heavy (non-hydrogen) atoms. The molecule has 0 amide bonds. The van der Waals surface area contributed by atoms with Gasteiger partial charge in [-0.15, -0.1) is 0 Å². The predicted octanol–water partition coefficient (Wildman–Crippen LogP) is 3.46. The van der Waals surface area contributed by atoms with Gasteiger partial charge in [0, 0.05) is 32.5 Å². The molecular formula is C28H33N7O5. The van der Waals surface area contributed by atoms with Crippen LogP contribution in [0.4, 0.5) is 5.95 Å². The number of aromatic nitrogens is 6. The van der Waals surface area contributed by atoms with Crippen LogP contribution in [0.5, 0.6) is 11.5 Å². The topological polar surface area (TPSA) is 148 Å². The third-order valence-corrected chi connectivity index (χ3v) is 7.02. The van der Waals surface area contributed by atoms with E-state index in [1.54, 1.807) is 11.7 Å². The van der Waals surface area contributed by atoms with Crippen LogP contribution in [-0.2, 0) is 13.5 Å². The number of piperidine rings is 1. The Morgan fingerprint density at radius 1 is 1.15 bits per heavy atom. The zero-order chi connectivity index (χ0) is 28.2. The molecule has 0 atom stereocenters. The summed E-state index contributed by atoms with van der Waals surface area (Å²) in [6.07, 6.45) is 6.07. The second kappa shape index (κ2) is 11.7. The maximum Gasteiger partial charge on any atom is 0.338 e. The fraction of sp³-hybridized carbons (Fsp3) is 0.429. The molecule has 0 spiro atoms. The lowest BCUT2D eigenvalue weighted by Crippen LogP contribution is -2.36. The van der Waals surface area contributed by atoms with Gasteiger partial charge < -0.3 is 24.5 Å². The number of ether oxygens (including phenoxy) is 2. The number of nitrogens with one attached hydrogen (secondary N) is 1. The Bertz CT molecular complexity index is 1560. The second-order valence-electron chi connectivity index (χ2n) is 9.84. The number of carboxylic acids is 1. The maximum atomic E-state index is 13.0. The molecule has 0 unspecified atom stereocenters. The molecule has 1 aliphatic rings. The summed E-state index contributed by atoms with van der Waals surface area (Å²) in [7, 11) is 1.75. The zero-order valence-corrected chi connectivity index (χ0v) is 22.9. The van der Waals surface area contributed by atoms with Crippen molar-refractivity contribution in [3.05, 3.63) is 52.2 Å². The van der Waals surface area contributed by atoms with Crippen molar-refractivity contribution in [3.8, 4) is 22.9 Å². The third-order valence-electron chi connectivity index (χ3n) is 7.02. The molecule has 0 saturated carbocycles. The number of carbonyl (C=O) groups is 1. The van der Waals surface area contributed by atoms with Crippen LogP contribution in [0.3, 0.4) is 0 Å². The van der Waals surface area contributed by atoms with E-state index in [1.807, 2.05) is 25.1 Å². The van der Waals surface area contributed by atoms with Crippen molar-refractivity contribution >= 4 is 23.0 Å². The first kappa shape index (κ1) is 27.1. The van der Waals surface area contributed by atoms with Crippen LogP contribution in [0.15, 0.2) is 35.4 Å². The van der Waals surface area contributed by atoms with Gasteiger partial charge in [0.1, 0.15) is 22.8 Å². The predicted molar refractivity (Wildman–Crippen MR) is 149 cm³/mol. The normalized spacial score (nSPS) is 14.0. The lowest BCUT2D eigenvalue weighted by atomic mass is 9.98. The highest BCUT2D eigenvalue weighted by Gasteiger charge is 2.23. The highest BCUT2D eigenvalue weighted by molar-refractivity contribution is 5.86. The number of aromatic amines is 1. The van der Waals surface area contributed by atoms with Crippen molar-refractivity contribution in [2.75, 3.05) is 31.2 Å². The zero-order valence-electron chi connectivity index (χ0n) is 22.9. The van der Waals surface area contributed by atoms with Gasteiger partial charge in [-0.05, 0) is 50.3 Å². The SMILES string of the molecule is CCCc1nn(C)c2c(=O)[nH]c(-c3cc(OCC4CCN(c5ncc(C(=O)O)cn5)CC4)ccc3OCC)nc12. The highest BCUT2D eigenvalue weighted by atomic mass is 16.5. The molecule has 1 saturated heterocycles. The molecule has 0 bridgehead atoms. The lowest BCUT2D eigenvalue weighted by Gasteiger charge is -2.31. The molecule has 4 aromatic rings. The molecule has 0 radical (unpaired) electrons. The number of carboxylic acid groups (broad SMARTS) is 1. The van der Waals surface area contributed by atoms with E-state index in [2.05, 4.69) is 31.9 Å². The number of hydrogen-bond acceptors (Lipinski definition) is 9. The Morgan fingerprint density at radius 2 is 1.90 bits per heavy atom. The Hall–Kier alpha value is -4.48. The molecule has 1 fully saturated rings. The van der Waals surface area contributed by atoms with Crippen LogP contribution < -0.4 is 19.9 Å². The lowest BCUT2D eigenvalue weighted by molar-refractivity contribution is 0.0696. The Balaban J connectivity index is 1.30. The summed E-state index contributed by atoms with van der Waals surface area (Å²) in [6.45, 7) is 6.49. The number of aromatic carboxylic acids is 1. The fourth-order valence-electron chi connectivity index (χ4n) is 4.95. The summed E-state index contributed by atoms with van der Waals surface area (Å²) >= 11 is 0. The monoisotopic (exact) mass is 547 g/mol. The van der Waals surface area contributed by atoms with E-state index in [-0.39, 0.29) is 11.1 Å². The smallest absolute Gasteiger partial charge is 0.338 e. The van der Waals surface area contributed by atoms with Crippen molar-refractivity contribution in [2.24, 2.45) is 13.0 Å². The fourth-order valence-corrected chi connectivity index (χ4v) is 4.95. The molecule has 210 valence electrons. The molecule has 12 nitrogen and oxygen atoms in total. The summed E-state index contributed by atoms with van der Waals surface area (Å²) < 4.78 is 13.6. The first-order valence-corrected chi connectivity index (χ1v) is 13.5. The van der Waals surface area contributed by atoms with Crippen molar-refractivity contribution in [1.82, 2.24) is 29.7 Å². The van der Waals surface area contributed by atoms with E-state index in [1.165, 1.54) is 12.4 Å². The first-order chi connectivity index (χ1) is 19.4. The van der Waals surface area contributed by atoms with E-state index < -0.39 is 5.97 Å². The molecule has 0 aliphatic carbocycles. The summed E-state index contributed by atoms with van der Waals surface area (Å²) in [6, 6.07) is 5.57. The Morgan fingerprint density at radius 3 is 2.58 bits per heavy atom. The summed E-state index contributed by atoms with van der Waals surface area (Å²) in [5.41, 5.74) is 2.33. The van der Waals surface area contributed by atoms with Gasteiger partial charge in [0.15, 0.2) is 5.52 Å². The standard InChI is InChI=1S/C28H33N7O5/c1-4-6-21-23-24(34(3)33-21)26(36)32-25(31-23)20-13-19(7-8-22(20)39-5-2)40-16-17-9-11-35(12-10-17)28-29-14-18(15-30-28)27(37)38/h7-8,13-15,17H,4-6,9-12,16H2,1-3H3,(H,37,38)(H,31,32,36). The van der Waals surface area contributed by atoms with Crippen molar-refractivity contribution in [1.29, 1.82) is 0 Å². The molecular weight excluding hydrogens is 514 g/mol. The minimum absolute atomic E-state index is 0.0720. The number of anilines is 1. The number of fused-ring (bicyclic) bond motifs is 1. The van der Waals surface area contributed by atoms with E-state index >= 15 is 0 Å². The van der Waals surface area contributed by atoms with Gasteiger partial charge in [-0.3, -0.25) is 9.48 Å². The maximum absolute atomic E-state index is 13.0. The number of benzene rings is 1. The molecule has 12 heteroatoms. The first-order valence-electron chi connectivity index (χ1n) is 13.5.